The Bertz CT molecular complexity index is 665. The van der Waals surface area contributed by atoms with Crippen LogP contribution >= 0.6 is 0 Å². The molecule has 1 N–H and O–H groups in total. The second-order valence-electron chi connectivity index (χ2n) is 4.96. The highest BCUT2D eigenvalue weighted by Crippen LogP contribution is 2.25. The Balaban J connectivity index is 1.91. The van der Waals surface area contributed by atoms with Crippen LogP contribution in [0, 0.1) is 0 Å². The van der Waals surface area contributed by atoms with E-state index >= 15 is 0 Å². The first kappa shape index (κ1) is 12.9. The number of hydrogen-bond donors (Lipinski definition) is 1. The second kappa shape index (κ2) is 5.51. The highest BCUT2D eigenvalue weighted by Gasteiger charge is 2.17. The maximum absolute atomic E-state index is 5.97. The fourth-order valence-electron chi connectivity index (χ4n) is 2.47. The van der Waals surface area contributed by atoms with Crippen LogP contribution in [0.25, 0.3) is 11.0 Å². The zero-order valence-electron chi connectivity index (χ0n) is 11.8. The van der Waals surface area contributed by atoms with Crippen LogP contribution < -0.4 is 5.32 Å². The average molecular weight is 269 g/mol. The normalized spacial score (nSPS) is 12.9. The van der Waals surface area contributed by atoms with Crippen molar-refractivity contribution in [2.45, 2.75) is 19.4 Å². The molecule has 4 heteroatoms. The SMILES string of the molecule is CCNC(Cc1nccn1C)c1cc2ccccc2o1. The third kappa shape index (κ3) is 2.47. The highest BCUT2D eigenvalue weighted by atomic mass is 16.3. The van der Waals surface area contributed by atoms with Gasteiger partial charge in [-0.15, -0.1) is 0 Å². The van der Waals surface area contributed by atoms with Crippen molar-refractivity contribution in [2.24, 2.45) is 7.05 Å². The summed E-state index contributed by atoms with van der Waals surface area (Å²) < 4.78 is 8.02. The summed E-state index contributed by atoms with van der Waals surface area (Å²) in [5.41, 5.74) is 0.935. The van der Waals surface area contributed by atoms with E-state index in [1.165, 1.54) is 0 Å². The van der Waals surface area contributed by atoms with Crippen molar-refractivity contribution < 1.29 is 4.42 Å². The maximum Gasteiger partial charge on any atom is 0.134 e. The van der Waals surface area contributed by atoms with E-state index in [4.69, 9.17) is 4.42 Å². The quantitative estimate of drug-likeness (QED) is 0.774. The number of nitrogens with zero attached hydrogens (tertiary/aromatic N) is 2. The van der Waals surface area contributed by atoms with Crippen molar-refractivity contribution >= 4 is 11.0 Å². The predicted octanol–water partition coefficient (Wildman–Crippen LogP) is 3.06. The molecule has 104 valence electrons. The van der Waals surface area contributed by atoms with Crippen molar-refractivity contribution in [1.82, 2.24) is 14.9 Å². The molecule has 4 nitrogen and oxygen atoms in total. The van der Waals surface area contributed by atoms with Crippen molar-refractivity contribution in [1.29, 1.82) is 0 Å². The first-order valence-corrected chi connectivity index (χ1v) is 6.96. The second-order valence-corrected chi connectivity index (χ2v) is 4.96. The molecule has 0 bridgehead atoms. The standard InChI is InChI=1S/C16H19N3O/c1-3-17-13(11-16-18-8-9-19(16)2)15-10-12-6-4-5-7-14(12)20-15/h4-10,13,17H,3,11H2,1-2H3. The van der Waals surface area contributed by atoms with Crippen LogP contribution in [0.2, 0.25) is 0 Å². The summed E-state index contributed by atoms with van der Waals surface area (Å²) in [6.07, 6.45) is 4.62. The minimum absolute atomic E-state index is 0.147. The van der Waals surface area contributed by atoms with Gasteiger partial charge >= 0.3 is 0 Å². The van der Waals surface area contributed by atoms with Crippen LogP contribution in [0.1, 0.15) is 24.6 Å². The Kier molecular flexibility index (Phi) is 3.56. The van der Waals surface area contributed by atoms with Crippen LogP contribution in [-0.4, -0.2) is 16.1 Å². The predicted molar refractivity (Wildman–Crippen MR) is 79.5 cm³/mol. The summed E-state index contributed by atoms with van der Waals surface area (Å²) in [5, 5.41) is 4.62. The van der Waals surface area contributed by atoms with Gasteiger partial charge in [0.05, 0.1) is 6.04 Å². The van der Waals surface area contributed by atoms with Crippen molar-refractivity contribution in [3.63, 3.8) is 0 Å². The number of benzene rings is 1. The molecular weight excluding hydrogens is 250 g/mol. The van der Waals surface area contributed by atoms with Gasteiger partial charge in [-0.2, -0.15) is 0 Å². The van der Waals surface area contributed by atoms with Crippen LogP contribution in [0.5, 0.6) is 0 Å². The Hall–Kier alpha value is -2.07. The Morgan fingerprint density at radius 3 is 2.90 bits per heavy atom. The van der Waals surface area contributed by atoms with Gasteiger partial charge in [0.2, 0.25) is 0 Å². The molecule has 0 saturated carbocycles. The van der Waals surface area contributed by atoms with Crippen LogP contribution in [0.3, 0.4) is 0 Å². The van der Waals surface area contributed by atoms with E-state index in [1.807, 2.05) is 42.2 Å². The summed E-state index contributed by atoms with van der Waals surface area (Å²) in [6, 6.07) is 10.4. The van der Waals surface area contributed by atoms with E-state index in [0.717, 1.165) is 35.5 Å². The molecule has 1 aromatic carbocycles. The minimum Gasteiger partial charge on any atom is -0.459 e. The lowest BCUT2D eigenvalue weighted by Gasteiger charge is -2.15. The molecule has 1 atom stereocenters. The summed E-state index contributed by atoms with van der Waals surface area (Å²) in [4.78, 5) is 4.40. The topological polar surface area (TPSA) is 43.0 Å². The summed E-state index contributed by atoms with van der Waals surface area (Å²) in [5.74, 6) is 2.02. The molecule has 0 saturated heterocycles. The monoisotopic (exact) mass is 269 g/mol. The number of nitrogens with one attached hydrogen (secondary N) is 1. The number of hydrogen-bond acceptors (Lipinski definition) is 3. The van der Waals surface area contributed by atoms with Gasteiger partial charge in [-0.3, -0.25) is 0 Å². The van der Waals surface area contributed by atoms with Crippen molar-refractivity contribution in [3.8, 4) is 0 Å². The number of furan rings is 1. The number of aromatic nitrogens is 2. The van der Waals surface area contributed by atoms with E-state index in [0.29, 0.717) is 0 Å². The molecule has 2 aromatic heterocycles. The first-order valence-electron chi connectivity index (χ1n) is 6.96. The van der Waals surface area contributed by atoms with Crippen LogP contribution in [-0.2, 0) is 13.5 Å². The highest BCUT2D eigenvalue weighted by molar-refractivity contribution is 5.77. The Morgan fingerprint density at radius 2 is 2.20 bits per heavy atom. The zero-order valence-corrected chi connectivity index (χ0v) is 11.8. The van der Waals surface area contributed by atoms with Gasteiger partial charge in [-0.25, -0.2) is 4.98 Å². The molecule has 0 amide bonds. The van der Waals surface area contributed by atoms with E-state index in [2.05, 4.69) is 29.4 Å². The number of likely N-dealkylation sites (N-methyl/N-ethyl adjacent to an activating group) is 1. The third-order valence-corrected chi connectivity index (χ3v) is 3.55. The fraction of sp³-hybridized carbons (Fsp3) is 0.312. The van der Waals surface area contributed by atoms with E-state index in [-0.39, 0.29) is 6.04 Å². The summed E-state index contributed by atoms with van der Waals surface area (Å²) >= 11 is 0. The molecule has 3 aromatic rings. The number of aryl methyl sites for hydroxylation is 1. The number of imidazole rings is 1. The Labute approximate surface area is 118 Å². The van der Waals surface area contributed by atoms with Crippen molar-refractivity contribution in [2.75, 3.05) is 6.54 Å². The maximum atomic E-state index is 5.97. The molecule has 0 aliphatic carbocycles. The van der Waals surface area contributed by atoms with E-state index in [9.17, 15) is 0 Å². The summed E-state index contributed by atoms with van der Waals surface area (Å²) in [6.45, 7) is 3.00. The lowest BCUT2D eigenvalue weighted by Crippen LogP contribution is -2.23. The van der Waals surface area contributed by atoms with Gasteiger partial charge in [0.25, 0.3) is 0 Å². The van der Waals surface area contributed by atoms with Gasteiger partial charge in [0, 0.05) is 31.2 Å². The lowest BCUT2D eigenvalue weighted by molar-refractivity contribution is 0.426. The Morgan fingerprint density at radius 1 is 1.35 bits per heavy atom. The molecule has 0 aliphatic rings. The molecule has 0 radical (unpaired) electrons. The molecule has 20 heavy (non-hydrogen) atoms. The molecule has 3 rings (SSSR count). The van der Waals surface area contributed by atoms with Crippen LogP contribution in [0.4, 0.5) is 0 Å². The van der Waals surface area contributed by atoms with Gasteiger partial charge in [0.1, 0.15) is 17.2 Å². The average Bonchev–Trinajstić information content (AvgIpc) is 3.04. The molecule has 0 aliphatic heterocycles. The molecule has 2 heterocycles. The number of fused-ring (bicyclic) bond motifs is 1. The van der Waals surface area contributed by atoms with Crippen LogP contribution in [0.15, 0.2) is 47.1 Å². The van der Waals surface area contributed by atoms with Crippen molar-refractivity contribution in [3.05, 3.63) is 54.3 Å². The van der Waals surface area contributed by atoms with E-state index < -0.39 is 0 Å². The fourth-order valence-corrected chi connectivity index (χ4v) is 2.47. The minimum atomic E-state index is 0.147. The van der Waals surface area contributed by atoms with E-state index in [1.54, 1.807) is 0 Å². The first-order chi connectivity index (χ1) is 9.78. The van der Waals surface area contributed by atoms with Gasteiger partial charge in [0.15, 0.2) is 0 Å². The molecular formula is C16H19N3O. The number of para-hydroxylation sites is 1. The molecule has 0 fully saturated rings. The molecule has 1 unspecified atom stereocenters. The van der Waals surface area contributed by atoms with Gasteiger partial charge in [-0.1, -0.05) is 25.1 Å². The molecule has 0 spiro atoms. The largest absolute Gasteiger partial charge is 0.459 e. The number of rotatable bonds is 5. The van der Waals surface area contributed by atoms with Gasteiger partial charge in [-0.05, 0) is 18.7 Å². The van der Waals surface area contributed by atoms with Gasteiger partial charge < -0.3 is 14.3 Å². The zero-order chi connectivity index (χ0) is 13.9. The smallest absolute Gasteiger partial charge is 0.134 e. The lowest BCUT2D eigenvalue weighted by atomic mass is 10.1. The third-order valence-electron chi connectivity index (χ3n) is 3.55. The summed E-state index contributed by atoms with van der Waals surface area (Å²) in [7, 11) is 2.02.